The molecule has 0 spiro atoms. The monoisotopic (exact) mass is 284 g/mol. The van der Waals surface area contributed by atoms with E-state index in [0.717, 1.165) is 22.6 Å². The molecule has 0 aliphatic heterocycles. The summed E-state index contributed by atoms with van der Waals surface area (Å²) < 4.78 is 6.92. The third-order valence-electron chi connectivity index (χ3n) is 2.92. The zero-order valence-corrected chi connectivity index (χ0v) is 11.6. The van der Waals surface area contributed by atoms with Gasteiger partial charge in [0, 0.05) is 11.1 Å². The Morgan fingerprint density at radius 3 is 2.70 bits per heavy atom. The highest BCUT2D eigenvalue weighted by Crippen LogP contribution is 2.30. The molecule has 100 valence electrons. The number of imidazole rings is 1. The minimum atomic E-state index is 0.571. The van der Waals surface area contributed by atoms with Crippen molar-refractivity contribution in [3.8, 4) is 5.75 Å². The first-order chi connectivity index (χ1) is 9.81. The maximum Gasteiger partial charge on any atom is 0.169 e. The van der Waals surface area contributed by atoms with Crippen LogP contribution in [0.5, 0.6) is 5.75 Å². The van der Waals surface area contributed by atoms with Gasteiger partial charge in [0.1, 0.15) is 22.1 Å². The minimum absolute atomic E-state index is 0.571. The van der Waals surface area contributed by atoms with Crippen molar-refractivity contribution in [2.45, 2.75) is 9.92 Å². The molecule has 3 aromatic rings. The summed E-state index contributed by atoms with van der Waals surface area (Å²) in [4.78, 5) is 16.8. The topological polar surface area (TPSA) is 43.6 Å². The SMILES string of the molecule is COc1ccc(Sc2nc3ccccn3c2C=O)cc1. The van der Waals surface area contributed by atoms with Crippen LogP contribution in [-0.2, 0) is 0 Å². The second-order valence-electron chi connectivity index (χ2n) is 4.13. The average molecular weight is 284 g/mol. The van der Waals surface area contributed by atoms with E-state index in [2.05, 4.69) is 4.98 Å². The summed E-state index contributed by atoms with van der Waals surface area (Å²) in [5.41, 5.74) is 1.34. The fourth-order valence-electron chi connectivity index (χ4n) is 1.93. The van der Waals surface area contributed by atoms with E-state index in [1.165, 1.54) is 11.8 Å². The van der Waals surface area contributed by atoms with Crippen molar-refractivity contribution in [3.05, 3.63) is 54.4 Å². The number of hydrogen-bond acceptors (Lipinski definition) is 4. The van der Waals surface area contributed by atoms with Crippen LogP contribution in [-0.4, -0.2) is 22.8 Å². The van der Waals surface area contributed by atoms with Crippen molar-refractivity contribution in [2.24, 2.45) is 0 Å². The third kappa shape index (κ3) is 2.28. The lowest BCUT2D eigenvalue weighted by molar-refractivity contribution is 0.111. The van der Waals surface area contributed by atoms with Crippen LogP contribution in [0.15, 0.2) is 58.6 Å². The molecule has 20 heavy (non-hydrogen) atoms. The molecule has 0 bridgehead atoms. The van der Waals surface area contributed by atoms with Gasteiger partial charge >= 0.3 is 0 Å². The standard InChI is InChI=1S/C15H12N2O2S/c1-19-11-5-7-12(8-6-11)20-15-13(10-18)17-9-3-2-4-14(17)16-15/h2-10H,1H3. The number of aromatic nitrogens is 2. The van der Waals surface area contributed by atoms with Gasteiger partial charge in [0.15, 0.2) is 6.29 Å². The van der Waals surface area contributed by atoms with Gasteiger partial charge in [0.05, 0.1) is 7.11 Å². The van der Waals surface area contributed by atoms with Gasteiger partial charge in [-0.2, -0.15) is 0 Å². The molecule has 2 aromatic heterocycles. The van der Waals surface area contributed by atoms with Gasteiger partial charge < -0.3 is 4.74 Å². The number of methoxy groups -OCH3 is 1. The average Bonchev–Trinajstić information content (AvgIpc) is 2.85. The lowest BCUT2D eigenvalue weighted by Crippen LogP contribution is -1.90. The minimum Gasteiger partial charge on any atom is -0.497 e. The maximum atomic E-state index is 11.3. The molecule has 4 nitrogen and oxygen atoms in total. The van der Waals surface area contributed by atoms with Crippen LogP contribution >= 0.6 is 11.8 Å². The van der Waals surface area contributed by atoms with Crippen molar-refractivity contribution in [1.82, 2.24) is 9.38 Å². The first-order valence-electron chi connectivity index (χ1n) is 6.06. The quantitative estimate of drug-likeness (QED) is 0.689. The zero-order valence-electron chi connectivity index (χ0n) is 10.8. The van der Waals surface area contributed by atoms with Crippen LogP contribution < -0.4 is 4.74 Å². The summed E-state index contributed by atoms with van der Waals surface area (Å²) >= 11 is 1.46. The molecule has 0 atom stereocenters. The third-order valence-corrected chi connectivity index (χ3v) is 3.92. The fraction of sp³-hybridized carbons (Fsp3) is 0.0667. The summed E-state index contributed by atoms with van der Waals surface area (Å²) in [5, 5.41) is 0.705. The van der Waals surface area contributed by atoms with Gasteiger partial charge in [0.2, 0.25) is 0 Å². The molecule has 0 aliphatic rings. The van der Waals surface area contributed by atoms with Gasteiger partial charge in [-0.15, -0.1) is 0 Å². The van der Waals surface area contributed by atoms with E-state index in [-0.39, 0.29) is 0 Å². The molecule has 0 N–H and O–H groups in total. The Morgan fingerprint density at radius 2 is 2.00 bits per heavy atom. The van der Waals surface area contributed by atoms with Crippen LogP contribution in [0.25, 0.3) is 5.65 Å². The van der Waals surface area contributed by atoms with Gasteiger partial charge in [-0.1, -0.05) is 17.8 Å². The van der Waals surface area contributed by atoms with Gasteiger partial charge in [-0.3, -0.25) is 9.20 Å². The van der Waals surface area contributed by atoms with Crippen molar-refractivity contribution in [1.29, 1.82) is 0 Å². The number of rotatable bonds is 4. The van der Waals surface area contributed by atoms with E-state index in [4.69, 9.17) is 4.74 Å². The molecule has 0 aliphatic carbocycles. The van der Waals surface area contributed by atoms with Crippen LogP contribution in [0, 0.1) is 0 Å². The molecule has 5 heteroatoms. The summed E-state index contributed by atoms with van der Waals surface area (Å²) in [6.07, 6.45) is 2.68. The number of ether oxygens (including phenoxy) is 1. The Bertz CT molecular complexity index is 750. The molecular weight excluding hydrogens is 272 g/mol. The van der Waals surface area contributed by atoms with E-state index in [0.29, 0.717) is 10.7 Å². The molecule has 0 unspecified atom stereocenters. The second kappa shape index (κ2) is 5.38. The number of fused-ring (bicyclic) bond motifs is 1. The molecule has 0 radical (unpaired) electrons. The number of hydrogen-bond donors (Lipinski definition) is 0. The van der Waals surface area contributed by atoms with Gasteiger partial charge in [0.25, 0.3) is 0 Å². The summed E-state index contributed by atoms with van der Waals surface area (Å²) in [6.45, 7) is 0. The molecule has 3 rings (SSSR count). The first-order valence-corrected chi connectivity index (χ1v) is 6.87. The Hall–Kier alpha value is -2.27. The van der Waals surface area contributed by atoms with Crippen molar-refractivity contribution in [2.75, 3.05) is 7.11 Å². The molecule has 1 aromatic carbocycles. The van der Waals surface area contributed by atoms with E-state index in [1.54, 1.807) is 11.5 Å². The lowest BCUT2D eigenvalue weighted by Gasteiger charge is -2.01. The Morgan fingerprint density at radius 1 is 1.20 bits per heavy atom. The summed E-state index contributed by atoms with van der Waals surface area (Å²) in [7, 11) is 1.63. The molecule has 0 amide bonds. The predicted octanol–water partition coefficient (Wildman–Crippen LogP) is 3.31. The zero-order chi connectivity index (χ0) is 13.9. The van der Waals surface area contributed by atoms with Gasteiger partial charge in [-0.05, 0) is 36.4 Å². The number of nitrogens with zero attached hydrogens (tertiary/aromatic N) is 2. The van der Waals surface area contributed by atoms with E-state index in [9.17, 15) is 4.79 Å². The van der Waals surface area contributed by atoms with Crippen LogP contribution in [0.3, 0.4) is 0 Å². The van der Waals surface area contributed by atoms with Crippen molar-refractivity contribution in [3.63, 3.8) is 0 Å². The highest BCUT2D eigenvalue weighted by molar-refractivity contribution is 7.99. The molecule has 0 saturated carbocycles. The van der Waals surface area contributed by atoms with Crippen LogP contribution in [0.2, 0.25) is 0 Å². The normalized spacial score (nSPS) is 10.7. The second-order valence-corrected chi connectivity index (χ2v) is 5.19. The highest BCUT2D eigenvalue weighted by atomic mass is 32.2. The summed E-state index contributed by atoms with van der Waals surface area (Å²) in [5.74, 6) is 0.806. The maximum absolute atomic E-state index is 11.3. The smallest absolute Gasteiger partial charge is 0.169 e. The first kappa shape index (κ1) is 12.7. The predicted molar refractivity (Wildman–Crippen MR) is 77.7 cm³/mol. The van der Waals surface area contributed by atoms with Crippen molar-refractivity contribution < 1.29 is 9.53 Å². The molecule has 2 heterocycles. The summed E-state index contributed by atoms with van der Waals surface area (Å²) in [6, 6.07) is 13.3. The number of carbonyl (C=O) groups excluding carboxylic acids is 1. The Labute approximate surface area is 120 Å². The number of benzene rings is 1. The highest BCUT2D eigenvalue weighted by Gasteiger charge is 2.12. The number of pyridine rings is 1. The molecule has 0 fully saturated rings. The van der Waals surface area contributed by atoms with Crippen LogP contribution in [0.4, 0.5) is 0 Å². The Balaban J connectivity index is 1.99. The van der Waals surface area contributed by atoms with Gasteiger partial charge in [-0.25, -0.2) is 4.98 Å². The molecular formula is C15H12N2O2S. The van der Waals surface area contributed by atoms with E-state index >= 15 is 0 Å². The number of aldehydes is 1. The van der Waals surface area contributed by atoms with E-state index in [1.807, 2.05) is 48.7 Å². The van der Waals surface area contributed by atoms with Crippen molar-refractivity contribution >= 4 is 23.7 Å². The number of carbonyl (C=O) groups is 1. The molecule has 0 saturated heterocycles. The largest absolute Gasteiger partial charge is 0.497 e. The lowest BCUT2D eigenvalue weighted by atomic mass is 10.3. The van der Waals surface area contributed by atoms with E-state index < -0.39 is 0 Å². The fourth-order valence-corrected chi connectivity index (χ4v) is 2.82. The van der Waals surface area contributed by atoms with Crippen LogP contribution in [0.1, 0.15) is 10.5 Å². The Kier molecular flexibility index (Phi) is 3.43.